The number of nitrogens with one attached hydrogen (secondary N) is 1. The first-order valence-corrected chi connectivity index (χ1v) is 6.71. The summed E-state index contributed by atoms with van der Waals surface area (Å²) in [6.45, 7) is 3.32. The van der Waals surface area contributed by atoms with Crippen molar-refractivity contribution in [2.45, 2.75) is 12.5 Å². The van der Waals surface area contributed by atoms with Gasteiger partial charge in [0.15, 0.2) is 0 Å². The topological polar surface area (TPSA) is 28.2 Å². The van der Waals surface area contributed by atoms with Crippen molar-refractivity contribution in [1.82, 2.24) is 10.3 Å². The van der Waals surface area contributed by atoms with Gasteiger partial charge in [-0.05, 0) is 34.3 Å². The lowest BCUT2D eigenvalue weighted by Crippen LogP contribution is -2.34. The summed E-state index contributed by atoms with van der Waals surface area (Å²) in [6.07, 6.45) is 2.98. The van der Waals surface area contributed by atoms with E-state index in [0.717, 1.165) is 35.8 Å². The smallest absolute Gasteiger partial charge is 0.143 e. The summed E-state index contributed by atoms with van der Waals surface area (Å²) in [4.78, 5) is 6.83. The second kappa shape index (κ2) is 4.17. The minimum Gasteiger partial charge on any atom is -0.351 e. The second-order valence-electron chi connectivity index (χ2n) is 4.43. The minimum absolute atomic E-state index is 0.602. The molecule has 3 heterocycles. The Labute approximate surface area is 108 Å². The maximum Gasteiger partial charge on any atom is 0.143 e. The molecule has 0 aliphatic carbocycles. The zero-order valence-electron chi connectivity index (χ0n) is 8.79. The van der Waals surface area contributed by atoms with Crippen molar-refractivity contribution in [3.8, 4) is 0 Å². The number of hydrogen-bond acceptors (Lipinski definition) is 3. The van der Waals surface area contributed by atoms with Gasteiger partial charge in [0.05, 0.1) is 9.50 Å². The molecule has 86 valence electrons. The van der Waals surface area contributed by atoms with Crippen LogP contribution in [-0.4, -0.2) is 30.7 Å². The third-order valence-electron chi connectivity index (χ3n) is 3.51. The molecule has 0 aromatic carbocycles. The Kier molecular flexibility index (Phi) is 2.81. The van der Waals surface area contributed by atoms with Gasteiger partial charge >= 0.3 is 0 Å². The summed E-state index contributed by atoms with van der Waals surface area (Å²) >= 11 is 9.46. The molecule has 3 nitrogen and oxygen atoms in total. The molecule has 0 radical (unpaired) electrons. The molecule has 1 aromatic heterocycles. The summed E-state index contributed by atoms with van der Waals surface area (Å²) in [5, 5.41) is 4.12. The summed E-state index contributed by atoms with van der Waals surface area (Å²) in [7, 11) is 0. The lowest BCUT2D eigenvalue weighted by atomic mass is 10.1. The van der Waals surface area contributed by atoms with Crippen molar-refractivity contribution in [3.05, 3.63) is 21.8 Å². The molecule has 5 heteroatoms. The number of anilines is 1. The van der Waals surface area contributed by atoms with Crippen LogP contribution < -0.4 is 10.2 Å². The zero-order chi connectivity index (χ0) is 11.1. The fourth-order valence-electron chi connectivity index (χ4n) is 2.73. The van der Waals surface area contributed by atoms with E-state index in [2.05, 4.69) is 31.1 Å². The average molecular weight is 303 g/mol. The molecule has 2 atom stereocenters. The summed E-state index contributed by atoms with van der Waals surface area (Å²) < 4.78 is 0.993. The predicted octanol–water partition coefficient (Wildman–Crippen LogP) is 2.30. The fraction of sp³-hybridized carbons (Fsp3) is 0.545. The normalized spacial score (nSPS) is 28.5. The largest absolute Gasteiger partial charge is 0.351 e. The first-order chi connectivity index (χ1) is 7.75. The Morgan fingerprint density at radius 3 is 3.19 bits per heavy atom. The van der Waals surface area contributed by atoms with Crippen LogP contribution in [0.25, 0.3) is 0 Å². The van der Waals surface area contributed by atoms with Gasteiger partial charge in [-0.25, -0.2) is 4.98 Å². The van der Waals surface area contributed by atoms with Crippen LogP contribution in [0.2, 0.25) is 5.02 Å². The number of rotatable bonds is 1. The van der Waals surface area contributed by atoms with Crippen LogP contribution in [0.4, 0.5) is 5.82 Å². The van der Waals surface area contributed by atoms with Crippen LogP contribution in [0.3, 0.4) is 0 Å². The maximum absolute atomic E-state index is 5.91. The van der Waals surface area contributed by atoms with Gasteiger partial charge in [0.1, 0.15) is 5.82 Å². The molecule has 0 amide bonds. The predicted molar refractivity (Wildman–Crippen MR) is 69.1 cm³/mol. The van der Waals surface area contributed by atoms with Gasteiger partial charge in [0.25, 0.3) is 0 Å². The van der Waals surface area contributed by atoms with Crippen molar-refractivity contribution >= 4 is 33.3 Å². The Morgan fingerprint density at radius 2 is 2.38 bits per heavy atom. The molecule has 0 spiro atoms. The summed E-state index contributed by atoms with van der Waals surface area (Å²) in [6, 6.07) is 2.52. The van der Waals surface area contributed by atoms with E-state index in [1.54, 1.807) is 6.20 Å². The highest BCUT2D eigenvalue weighted by Crippen LogP contribution is 2.35. The summed E-state index contributed by atoms with van der Waals surface area (Å²) in [5.74, 6) is 1.81. The molecule has 1 aromatic rings. The number of hydrogen-bond donors (Lipinski definition) is 1. The number of pyridine rings is 1. The maximum atomic E-state index is 5.91. The molecule has 2 aliphatic heterocycles. The Balaban J connectivity index is 1.92. The van der Waals surface area contributed by atoms with Crippen LogP contribution in [0.1, 0.15) is 6.42 Å². The Hall–Kier alpha value is -0.320. The SMILES string of the molecule is Clc1cnc(N2CC[C@H]3CNC[C@H]32)c(Br)c1. The standard InChI is InChI=1S/C11H13BrClN3/c12-9-3-8(13)5-15-11(9)16-2-1-7-4-14-6-10(7)16/h3,5,7,10,14H,1-2,4,6H2/t7-,10+/m0/s1. The number of nitrogens with zero attached hydrogens (tertiary/aromatic N) is 2. The molecular formula is C11H13BrClN3. The molecule has 16 heavy (non-hydrogen) atoms. The van der Waals surface area contributed by atoms with Crippen LogP contribution >= 0.6 is 27.5 Å². The zero-order valence-corrected chi connectivity index (χ0v) is 11.1. The summed E-state index contributed by atoms with van der Waals surface area (Å²) in [5.41, 5.74) is 0. The van der Waals surface area contributed by atoms with Crippen molar-refractivity contribution in [3.63, 3.8) is 0 Å². The second-order valence-corrected chi connectivity index (χ2v) is 5.72. The van der Waals surface area contributed by atoms with Gasteiger partial charge < -0.3 is 10.2 Å². The minimum atomic E-state index is 0.602. The molecule has 1 N–H and O–H groups in total. The van der Waals surface area contributed by atoms with E-state index in [0.29, 0.717) is 11.1 Å². The number of halogens is 2. The van der Waals surface area contributed by atoms with E-state index < -0.39 is 0 Å². The molecule has 3 rings (SSSR count). The van der Waals surface area contributed by atoms with Gasteiger partial charge in [0.2, 0.25) is 0 Å². The van der Waals surface area contributed by atoms with Crippen LogP contribution in [0.15, 0.2) is 16.7 Å². The third-order valence-corrected chi connectivity index (χ3v) is 4.30. The molecule has 2 saturated heterocycles. The monoisotopic (exact) mass is 301 g/mol. The molecule has 2 aliphatic rings. The number of aromatic nitrogens is 1. The molecule has 2 fully saturated rings. The van der Waals surface area contributed by atoms with Gasteiger partial charge in [0, 0.05) is 31.9 Å². The van der Waals surface area contributed by atoms with E-state index in [1.165, 1.54) is 6.42 Å². The highest BCUT2D eigenvalue weighted by atomic mass is 79.9. The van der Waals surface area contributed by atoms with E-state index >= 15 is 0 Å². The van der Waals surface area contributed by atoms with Gasteiger partial charge in [-0.1, -0.05) is 11.6 Å². The quantitative estimate of drug-likeness (QED) is 0.863. The number of fused-ring (bicyclic) bond motifs is 1. The third kappa shape index (κ3) is 1.73. The van der Waals surface area contributed by atoms with Gasteiger partial charge in [-0.2, -0.15) is 0 Å². The van der Waals surface area contributed by atoms with Crippen molar-refractivity contribution in [2.75, 3.05) is 24.5 Å². The molecule has 0 bridgehead atoms. The Morgan fingerprint density at radius 1 is 1.50 bits per heavy atom. The molecule has 0 unspecified atom stereocenters. The van der Waals surface area contributed by atoms with E-state index in [9.17, 15) is 0 Å². The van der Waals surface area contributed by atoms with Crippen molar-refractivity contribution in [1.29, 1.82) is 0 Å². The molecule has 0 saturated carbocycles. The van der Waals surface area contributed by atoms with Gasteiger partial charge in [-0.15, -0.1) is 0 Å². The first kappa shape index (κ1) is 10.8. The first-order valence-electron chi connectivity index (χ1n) is 5.54. The lowest BCUT2D eigenvalue weighted by molar-refractivity contribution is 0.577. The van der Waals surface area contributed by atoms with E-state index in [4.69, 9.17) is 11.6 Å². The van der Waals surface area contributed by atoms with Crippen LogP contribution in [0.5, 0.6) is 0 Å². The lowest BCUT2D eigenvalue weighted by Gasteiger charge is -2.25. The average Bonchev–Trinajstić information content (AvgIpc) is 2.80. The highest BCUT2D eigenvalue weighted by Gasteiger charge is 2.38. The molecular weight excluding hydrogens is 289 g/mol. The van der Waals surface area contributed by atoms with Crippen LogP contribution in [0, 0.1) is 5.92 Å². The van der Waals surface area contributed by atoms with Crippen molar-refractivity contribution < 1.29 is 0 Å². The van der Waals surface area contributed by atoms with Gasteiger partial charge in [-0.3, -0.25) is 0 Å². The van der Waals surface area contributed by atoms with E-state index in [1.807, 2.05) is 6.07 Å². The fourth-order valence-corrected chi connectivity index (χ4v) is 3.60. The Bertz CT molecular complexity index is 412. The highest BCUT2D eigenvalue weighted by molar-refractivity contribution is 9.10. The van der Waals surface area contributed by atoms with Crippen LogP contribution in [-0.2, 0) is 0 Å². The van der Waals surface area contributed by atoms with Crippen molar-refractivity contribution in [2.24, 2.45) is 5.92 Å². The van der Waals surface area contributed by atoms with E-state index in [-0.39, 0.29) is 0 Å².